The Kier molecular flexibility index (Phi) is 18.6. The Morgan fingerprint density at radius 1 is 0.432 bits per heavy atom. The molecule has 6 aromatic rings. The summed E-state index contributed by atoms with van der Waals surface area (Å²) >= 11 is 0. The Bertz CT molecular complexity index is 2560. The molecule has 74 heavy (non-hydrogen) atoms. The van der Waals surface area contributed by atoms with Crippen LogP contribution in [0.4, 0.5) is 47.1 Å². The number of anilines is 8. The maximum Gasteiger partial charge on any atom is 0.233 e. The van der Waals surface area contributed by atoms with Gasteiger partial charge < -0.3 is 63.1 Å². The fourth-order valence-electron chi connectivity index (χ4n) is 8.48. The lowest BCUT2D eigenvalue weighted by Crippen LogP contribution is -2.31. The Morgan fingerprint density at radius 2 is 0.716 bits per heavy atom. The van der Waals surface area contributed by atoms with Crippen LogP contribution in [0.25, 0.3) is 0 Å². The van der Waals surface area contributed by atoms with E-state index >= 15 is 0 Å². The molecule has 12 N–H and O–H groups in total. The number of para-hydroxylation sites is 2. The summed E-state index contributed by atoms with van der Waals surface area (Å²) in [4.78, 5) is 27.3. The average Bonchev–Trinajstić information content (AvgIpc) is 3.36. The normalized spacial score (nSPS) is 12.5. The zero-order valence-corrected chi connectivity index (χ0v) is 44.7. The van der Waals surface area contributed by atoms with Crippen LogP contribution in [0.1, 0.15) is 126 Å². The number of benzene rings is 4. The highest BCUT2D eigenvalue weighted by Gasteiger charge is 2.25. The van der Waals surface area contributed by atoms with Crippen molar-refractivity contribution in [1.29, 1.82) is 0 Å². The number of fused-ring (bicyclic) bond motifs is 8. The van der Waals surface area contributed by atoms with Gasteiger partial charge in [-0.15, -0.1) is 0 Å². The van der Waals surface area contributed by atoms with E-state index in [-0.39, 0.29) is 22.7 Å². The van der Waals surface area contributed by atoms with Gasteiger partial charge in [-0.2, -0.15) is 29.9 Å². The van der Waals surface area contributed by atoms with Crippen molar-refractivity contribution in [2.75, 3.05) is 85.3 Å². The molecule has 0 saturated heterocycles. The van der Waals surface area contributed by atoms with E-state index in [4.69, 9.17) is 51.9 Å². The molecule has 7 rings (SSSR count). The van der Waals surface area contributed by atoms with Crippen molar-refractivity contribution in [3.8, 4) is 23.0 Å². The lowest BCUT2D eigenvalue weighted by Gasteiger charge is -2.24. The summed E-state index contributed by atoms with van der Waals surface area (Å²) in [6.07, 6.45) is 5.23. The molecule has 0 spiro atoms. The minimum absolute atomic E-state index is 0.0838. The van der Waals surface area contributed by atoms with Crippen LogP contribution in [0.2, 0.25) is 0 Å². The molecular formula is C56H78N14O4. The molecule has 8 bridgehead atoms. The smallest absolute Gasteiger partial charge is 0.233 e. The molecule has 1 aliphatic rings. The van der Waals surface area contributed by atoms with E-state index in [2.05, 4.69) is 157 Å². The lowest BCUT2D eigenvalue weighted by atomic mass is 9.90. The lowest BCUT2D eigenvalue weighted by molar-refractivity contribution is 0.304. The molecule has 0 saturated carbocycles. The summed E-state index contributed by atoms with van der Waals surface area (Å²) in [6.45, 7) is 20.9. The van der Waals surface area contributed by atoms with Gasteiger partial charge in [-0.25, -0.2) is 0 Å². The van der Waals surface area contributed by atoms with Crippen LogP contribution in [0, 0.1) is 10.8 Å². The van der Waals surface area contributed by atoms with Crippen molar-refractivity contribution in [2.24, 2.45) is 22.3 Å². The van der Waals surface area contributed by atoms with Crippen molar-refractivity contribution in [3.05, 3.63) is 105 Å². The number of ether oxygens (including phenoxy) is 4. The zero-order valence-electron chi connectivity index (χ0n) is 44.7. The number of nitrogens with two attached hydrogens (primary N) is 4. The second-order valence-corrected chi connectivity index (χ2v) is 20.5. The summed E-state index contributed by atoms with van der Waals surface area (Å²) in [5.74, 6) is 4.71. The molecule has 4 aromatic carbocycles. The molecule has 2 heterocycles. The van der Waals surface area contributed by atoms with Crippen LogP contribution in [0.5, 0.6) is 23.0 Å². The number of nitrogens with zero attached hydrogens (tertiary/aromatic N) is 6. The third kappa shape index (κ3) is 14.5. The number of nitrogen functional groups attached to an aromatic ring is 2. The van der Waals surface area contributed by atoms with Gasteiger partial charge >= 0.3 is 0 Å². The van der Waals surface area contributed by atoms with Gasteiger partial charge in [0, 0.05) is 72.4 Å². The van der Waals surface area contributed by atoms with Crippen LogP contribution in [0.15, 0.2) is 60.7 Å². The zero-order chi connectivity index (χ0) is 52.8. The fourth-order valence-corrected chi connectivity index (χ4v) is 8.48. The van der Waals surface area contributed by atoms with Crippen molar-refractivity contribution < 1.29 is 18.9 Å². The molecule has 18 heteroatoms. The van der Waals surface area contributed by atoms with Crippen molar-refractivity contribution in [2.45, 2.75) is 107 Å². The highest BCUT2D eigenvalue weighted by molar-refractivity contribution is 5.66. The fraction of sp³-hybridized carbons (Fsp3) is 0.464. The maximum atomic E-state index is 6.82. The first-order valence-electron chi connectivity index (χ1n) is 26.1. The third-order valence-corrected chi connectivity index (χ3v) is 12.5. The molecular weight excluding hydrogens is 933 g/mol. The summed E-state index contributed by atoms with van der Waals surface area (Å²) in [5, 5.41) is 13.6. The standard InChI is InChI=1S/C56H78N14O4/c1-9-19-71-45-35-15-13-16-36(45)24-40-28-44(64-54-68-50(60)66-52(70-54)62-34-56(7,8)32-58)30-42(48(40)74-22-12-4)26-38-18-14-17-37(46(38)72-20-10-2)25-41-29-43(27-39(23-35)47(41)73-21-11-3)63-53-67-49(59)65-51(69-53)61-33-55(5,6)31-57/h13-18,27-30H,9-12,19-26,31-34,57-58H2,1-8H3,(H4,59,61,63,65,67,69)(H4,60,62,64,66,68,70). The van der Waals surface area contributed by atoms with Crippen LogP contribution in [0.3, 0.4) is 0 Å². The number of aromatic nitrogens is 6. The quantitative estimate of drug-likeness (QED) is 0.0280. The topological polar surface area (TPSA) is 266 Å². The van der Waals surface area contributed by atoms with Crippen LogP contribution >= 0.6 is 0 Å². The second kappa shape index (κ2) is 25.2. The largest absolute Gasteiger partial charge is 0.493 e. The number of rotatable bonds is 24. The molecule has 1 aliphatic carbocycles. The minimum atomic E-state index is -0.189. The predicted molar refractivity (Wildman–Crippen MR) is 298 cm³/mol. The van der Waals surface area contributed by atoms with Crippen molar-refractivity contribution in [1.82, 2.24) is 29.9 Å². The molecule has 18 nitrogen and oxygen atoms in total. The molecule has 0 aliphatic heterocycles. The minimum Gasteiger partial charge on any atom is -0.493 e. The highest BCUT2D eigenvalue weighted by atomic mass is 16.5. The maximum absolute atomic E-state index is 6.82. The second-order valence-electron chi connectivity index (χ2n) is 20.5. The Labute approximate surface area is 437 Å². The molecule has 0 atom stereocenters. The van der Waals surface area contributed by atoms with Crippen molar-refractivity contribution in [3.63, 3.8) is 0 Å². The predicted octanol–water partition coefficient (Wildman–Crippen LogP) is 9.33. The van der Waals surface area contributed by atoms with E-state index < -0.39 is 0 Å². The molecule has 2 aromatic heterocycles. The first-order chi connectivity index (χ1) is 35.6. The van der Waals surface area contributed by atoms with E-state index in [0.717, 1.165) is 105 Å². The van der Waals surface area contributed by atoms with Crippen molar-refractivity contribution >= 4 is 47.1 Å². The van der Waals surface area contributed by atoms with E-state index in [9.17, 15) is 0 Å². The first-order valence-corrected chi connectivity index (χ1v) is 26.1. The van der Waals surface area contributed by atoms with Gasteiger partial charge in [0.25, 0.3) is 0 Å². The Morgan fingerprint density at radius 3 is 1.00 bits per heavy atom. The van der Waals surface area contributed by atoms with Gasteiger partial charge in [0.05, 0.1) is 26.4 Å². The summed E-state index contributed by atoms with van der Waals surface area (Å²) in [6, 6.07) is 21.2. The van der Waals surface area contributed by atoms with Gasteiger partial charge in [0.1, 0.15) is 23.0 Å². The summed E-state index contributed by atoms with van der Waals surface area (Å²) in [7, 11) is 0. The van der Waals surface area contributed by atoms with Gasteiger partial charge in [0.2, 0.25) is 35.7 Å². The van der Waals surface area contributed by atoms with Crippen LogP contribution in [-0.4, -0.2) is 82.5 Å². The number of hydrogen-bond acceptors (Lipinski definition) is 18. The summed E-state index contributed by atoms with van der Waals surface area (Å²) in [5.41, 5.74) is 33.7. The van der Waals surface area contributed by atoms with Gasteiger partial charge in [-0.3, -0.25) is 0 Å². The van der Waals surface area contributed by atoms with Crippen LogP contribution in [-0.2, 0) is 25.7 Å². The number of hydrogen-bond donors (Lipinski definition) is 8. The summed E-state index contributed by atoms with van der Waals surface area (Å²) < 4.78 is 27.3. The molecule has 396 valence electrons. The van der Waals surface area contributed by atoms with E-state index in [1.807, 2.05) is 0 Å². The van der Waals surface area contributed by atoms with E-state index in [1.165, 1.54) is 0 Å². The number of nitrogens with one attached hydrogen (secondary N) is 4. The monoisotopic (exact) mass is 1010 g/mol. The van der Waals surface area contributed by atoms with Gasteiger partial charge in [-0.1, -0.05) is 91.8 Å². The SMILES string of the molecule is CCCOc1c2cccc1Cc1cc(Nc3nc(N)nc(NCC(C)(C)CN)n3)cc(c1OCCC)Cc1cccc(c1OCCC)Cc1cc(Nc3nc(N)nc(NCC(C)(C)CN)n3)cc(c1OCCC)C2. The molecule has 0 amide bonds. The van der Waals surface area contributed by atoms with Gasteiger partial charge in [0.15, 0.2) is 0 Å². The molecule has 0 fully saturated rings. The Balaban J connectivity index is 1.42. The first kappa shape index (κ1) is 54.6. The Hall–Kier alpha value is -7.18. The average molecular weight is 1010 g/mol. The highest BCUT2D eigenvalue weighted by Crippen LogP contribution is 2.42. The molecule has 0 unspecified atom stereocenters. The van der Waals surface area contributed by atoms with Gasteiger partial charge in [-0.05, 0) is 96.1 Å². The van der Waals surface area contributed by atoms with E-state index in [1.54, 1.807) is 0 Å². The third-order valence-electron chi connectivity index (χ3n) is 12.5. The van der Waals surface area contributed by atoms with Crippen LogP contribution < -0.4 is 63.1 Å². The molecule has 0 radical (unpaired) electrons. The van der Waals surface area contributed by atoms with E-state index in [0.29, 0.717) is 102 Å².